The summed E-state index contributed by atoms with van der Waals surface area (Å²) in [6.45, 7) is 3.05. The van der Waals surface area contributed by atoms with Gasteiger partial charge in [0, 0.05) is 45.0 Å². The zero-order valence-electron chi connectivity index (χ0n) is 13.3. The molecule has 4 rings (SSSR count). The highest BCUT2D eigenvalue weighted by Crippen LogP contribution is 2.25. The van der Waals surface area contributed by atoms with Crippen molar-refractivity contribution >= 4 is 11.6 Å². The smallest absolute Gasteiger partial charge is 0.240 e. The van der Waals surface area contributed by atoms with Gasteiger partial charge in [-0.15, -0.1) is 0 Å². The van der Waals surface area contributed by atoms with Crippen molar-refractivity contribution in [1.82, 2.24) is 24.2 Å². The third-order valence-electron chi connectivity index (χ3n) is 4.72. The van der Waals surface area contributed by atoms with Gasteiger partial charge in [0.1, 0.15) is 6.17 Å². The minimum Gasteiger partial charge on any atom is -0.378 e. The Morgan fingerprint density at radius 3 is 3.00 bits per heavy atom. The van der Waals surface area contributed by atoms with Crippen LogP contribution in [-0.2, 0) is 16.1 Å². The number of morpholine rings is 1. The summed E-state index contributed by atoms with van der Waals surface area (Å²) >= 11 is 0. The van der Waals surface area contributed by atoms with Crippen LogP contribution in [0.15, 0.2) is 24.8 Å². The fourth-order valence-corrected chi connectivity index (χ4v) is 3.49. The molecule has 2 atom stereocenters. The van der Waals surface area contributed by atoms with Gasteiger partial charge in [-0.2, -0.15) is 0 Å². The molecular weight excluding hydrogens is 313 g/mol. The largest absolute Gasteiger partial charge is 0.378 e. The Hall–Kier alpha value is -2.06. The SMILES string of the molecule is O=C([C@@H]1C[C@@H](F)CN1Cc1cnc2cnccn12)N1CCOCC1. The number of alkyl halides is 1. The lowest BCUT2D eigenvalue weighted by molar-refractivity contribution is -0.140. The lowest BCUT2D eigenvalue weighted by Gasteiger charge is -2.32. The van der Waals surface area contributed by atoms with Crippen molar-refractivity contribution in [3.63, 3.8) is 0 Å². The first-order valence-electron chi connectivity index (χ1n) is 8.23. The highest BCUT2D eigenvalue weighted by Gasteiger charge is 2.39. The van der Waals surface area contributed by atoms with Crippen molar-refractivity contribution in [1.29, 1.82) is 0 Å². The molecule has 24 heavy (non-hydrogen) atoms. The lowest BCUT2D eigenvalue weighted by atomic mass is 10.1. The van der Waals surface area contributed by atoms with Crippen LogP contribution in [0, 0.1) is 0 Å². The van der Waals surface area contributed by atoms with Crippen LogP contribution in [0.2, 0.25) is 0 Å². The van der Waals surface area contributed by atoms with Crippen molar-refractivity contribution in [3.05, 3.63) is 30.5 Å². The predicted molar refractivity (Wildman–Crippen MR) is 84.1 cm³/mol. The fourth-order valence-electron chi connectivity index (χ4n) is 3.49. The molecule has 2 aliphatic rings. The summed E-state index contributed by atoms with van der Waals surface area (Å²) in [5.41, 5.74) is 1.68. The van der Waals surface area contributed by atoms with Gasteiger partial charge in [-0.25, -0.2) is 9.37 Å². The van der Waals surface area contributed by atoms with Gasteiger partial charge in [0.2, 0.25) is 5.91 Å². The number of aromatic nitrogens is 3. The number of imidazole rings is 1. The second kappa shape index (κ2) is 6.45. The quantitative estimate of drug-likeness (QED) is 0.819. The first kappa shape index (κ1) is 15.5. The van der Waals surface area contributed by atoms with E-state index in [9.17, 15) is 9.18 Å². The van der Waals surface area contributed by atoms with E-state index in [0.717, 1.165) is 11.3 Å². The van der Waals surface area contributed by atoms with Gasteiger partial charge in [-0.05, 0) is 0 Å². The summed E-state index contributed by atoms with van der Waals surface area (Å²) in [6, 6.07) is -0.412. The molecule has 0 aromatic carbocycles. The minimum atomic E-state index is -0.971. The molecule has 8 heteroatoms. The number of hydrogen-bond acceptors (Lipinski definition) is 5. The third-order valence-corrected chi connectivity index (χ3v) is 4.72. The van der Waals surface area contributed by atoms with Gasteiger partial charge in [-0.1, -0.05) is 0 Å². The first-order chi connectivity index (χ1) is 11.7. The van der Waals surface area contributed by atoms with E-state index < -0.39 is 12.2 Å². The summed E-state index contributed by atoms with van der Waals surface area (Å²) in [5, 5.41) is 0. The Bertz CT molecular complexity index is 730. The predicted octanol–water partition coefficient (Wildman–Crippen LogP) is 0.500. The Kier molecular flexibility index (Phi) is 4.15. The van der Waals surface area contributed by atoms with E-state index in [1.54, 1.807) is 23.5 Å². The van der Waals surface area contributed by atoms with Crippen LogP contribution in [0.3, 0.4) is 0 Å². The van der Waals surface area contributed by atoms with Crippen molar-refractivity contribution in [3.8, 4) is 0 Å². The van der Waals surface area contributed by atoms with Crippen molar-refractivity contribution < 1.29 is 13.9 Å². The molecular formula is C16H20FN5O2. The number of amides is 1. The summed E-state index contributed by atoms with van der Waals surface area (Å²) in [6.07, 6.45) is 6.26. The third kappa shape index (κ3) is 2.87. The lowest BCUT2D eigenvalue weighted by Crippen LogP contribution is -2.49. The molecule has 7 nitrogen and oxygen atoms in total. The monoisotopic (exact) mass is 333 g/mol. The molecule has 0 bridgehead atoms. The average Bonchev–Trinajstić information content (AvgIpc) is 3.19. The summed E-state index contributed by atoms with van der Waals surface area (Å²) in [7, 11) is 0. The Balaban J connectivity index is 1.53. The van der Waals surface area contributed by atoms with Crippen LogP contribution in [0.1, 0.15) is 12.1 Å². The number of likely N-dealkylation sites (tertiary alicyclic amines) is 1. The number of fused-ring (bicyclic) bond motifs is 1. The van der Waals surface area contributed by atoms with E-state index in [1.165, 1.54) is 0 Å². The number of carbonyl (C=O) groups excluding carboxylic acids is 1. The number of carbonyl (C=O) groups is 1. The van der Waals surface area contributed by atoms with Gasteiger partial charge in [0.25, 0.3) is 0 Å². The van der Waals surface area contributed by atoms with E-state index in [1.807, 2.05) is 15.5 Å². The molecule has 2 aliphatic heterocycles. The number of nitrogens with zero attached hydrogens (tertiary/aromatic N) is 5. The van der Waals surface area contributed by atoms with E-state index in [0.29, 0.717) is 32.8 Å². The van der Waals surface area contributed by atoms with Crippen LogP contribution in [0.4, 0.5) is 4.39 Å². The Morgan fingerprint density at radius 2 is 2.17 bits per heavy atom. The molecule has 4 heterocycles. The number of halogens is 1. The van der Waals surface area contributed by atoms with Gasteiger partial charge >= 0.3 is 0 Å². The zero-order chi connectivity index (χ0) is 16.5. The van der Waals surface area contributed by atoms with Crippen LogP contribution < -0.4 is 0 Å². The van der Waals surface area contributed by atoms with Crippen molar-refractivity contribution in [2.24, 2.45) is 0 Å². The van der Waals surface area contributed by atoms with E-state index in [-0.39, 0.29) is 18.9 Å². The molecule has 128 valence electrons. The second-order valence-electron chi connectivity index (χ2n) is 6.27. The summed E-state index contributed by atoms with van der Waals surface area (Å²) in [4.78, 5) is 24.8. The van der Waals surface area contributed by atoms with Crippen LogP contribution in [-0.4, -0.2) is 75.1 Å². The molecule has 0 saturated carbocycles. The zero-order valence-corrected chi connectivity index (χ0v) is 13.3. The molecule has 0 aliphatic carbocycles. The maximum absolute atomic E-state index is 14.0. The van der Waals surface area contributed by atoms with Gasteiger partial charge < -0.3 is 9.64 Å². The molecule has 2 saturated heterocycles. The standard InChI is InChI=1S/C16H20FN5O2/c17-12-7-14(16(23)20-3-5-24-6-4-20)21(10-12)11-13-8-19-15-9-18-1-2-22(13)15/h1-2,8-9,12,14H,3-7,10-11H2/t12-,14+/m1/s1. The Morgan fingerprint density at radius 1 is 1.33 bits per heavy atom. The Labute approximate surface area is 139 Å². The first-order valence-corrected chi connectivity index (χ1v) is 8.23. The fraction of sp³-hybridized carbons (Fsp3) is 0.562. The summed E-state index contributed by atoms with van der Waals surface area (Å²) < 4.78 is 21.2. The molecule has 0 unspecified atom stereocenters. The average molecular weight is 333 g/mol. The maximum Gasteiger partial charge on any atom is 0.240 e. The van der Waals surface area contributed by atoms with Crippen molar-refractivity contribution in [2.45, 2.75) is 25.2 Å². The van der Waals surface area contributed by atoms with Gasteiger partial charge in [0.05, 0.1) is 37.3 Å². The number of ether oxygens (including phenoxy) is 1. The molecule has 2 aromatic heterocycles. The van der Waals surface area contributed by atoms with Crippen LogP contribution >= 0.6 is 0 Å². The summed E-state index contributed by atoms with van der Waals surface area (Å²) in [5.74, 6) is 0.00828. The highest BCUT2D eigenvalue weighted by molar-refractivity contribution is 5.82. The van der Waals surface area contributed by atoms with E-state index in [2.05, 4.69) is 9.97 Å². The minimum absolute atomic E-state index is 0.00828. The maximum atomic E-state index is 14.0. The van der Waals surface area contributed by atoms with Gasteiger partial charge in [-0.3, -0.25) is 19.1 Å². The topological polar surface area (TPSA) is 63.0 Å². The van der Waals surface area contributed by atoms with Crippen LogP contribution in [0.25, 0.3) is 5.65 Å². The van der Waals surface area contributed by atoms with Crippen molar-refractivity contribution in [2.75, 3.05) is 32.8 Å². The normalized spacial score (nSPS) is 25.5. The number of hydrogen-bond donors (Lipinski definition) is 0. The second-order valence-corrected chi connectivity index (χ2v) is 6.27. The molecule has 2 fully saturated rings. The molecule has 0 N–H and O–H groups in total. The number of rotatable bonds is 3. The molecule has 1 amide bonds. The van der Waals surface area contributed by atoms with Gasteiger partial charge in [0.15, 0.2) is 5.65 Å². The molecule has 0 radical (unpaired) electrons. The highest BCUT2D eigenvalue weighted by atomic mass is 19.1. The molecule has 2 aromatic rings. The van der Waals surface area contributed by atoms with E-state index in [4.69, 9.17) is 4.74 Å². The van der Waals surface area contributed by atoms with E-state index >= 15 is 0 Å². The van der Waals surface area contributed by atoms with Crippen LogP contribution in [0.5, 0.6) is 0 Å². The molecule has 0 spiro atoms.